The first-order valence-corrected chi connectivity index (χ1v) is 10.6. The number of amides is 1. The maximum absolute atomic E-state index is 12.7. The molecule has 2 heterocycles. The molecule has 0 aliphatic heterocycles. The topological polar surface area (TPSA) is 83.6 Å². The Morgan fingerprint density at radius 2 is 1.88 bits per heavy atom. The van der Waals surface area contributed by atoms with E-state index in [2.05, 4.69) is 26.2 Å². The Morgan fingerprint density at radius 1 is 1.09 bits per heavy atom. The van der Waals surface area contributed by atoms with Crippen LogP contribution in [0.3, 0.4) is 0 Å². The quantitative estimate of drug-likeness (QED) is 0.311. The first kappa shape index (κ1) is 21.2. The Hall–Kier alpha value is -4.02. The number of para-hydroxylation sites is 1. The number of carbonyl (C=O) groups is 1. The van der Waals surface area contributed by atoms with Gasteiger partial charge in [0.2, 0.25) is 0 Å². The van der Waals surface area contributed by atoms with Crippen molar-refractivity contribution in [1.82, 2.24) is 20.1 Å². The average Bonchev–Trinajstić information content (AvgIpc) is 3.26. The van der Waals surface area contributed by atoms with Crippen molar-refractivity contribution in [2.75, 3.05) is 0 Å². The first-order valence-electron chi connectivity index (χ1n) is 9.84. The lowest BCUT2D eigenvalue weighted by Crippen LogP contribution is -2.24. The molecule has 0 aliphatic carbocycles. The highest BCUT2D eigenvalue weighted by Crippen LogP contribution is 2.27. The lowest BCUT2D eigenvalue weighted by Gasteiger charge is -2.04. The van der Waals surface area contributed by atoms with E-state index in [4.69, 9.17) is 5.10 Å². The summed E-state index contributed by atoms with van der Waals surface area (Å²) in [6.07, 6.45) is 6.73. The second-order valence-electron chi connectivity index (χ2n) is 6.93. The van der Waals surface area contributed by atoms with E-state index in [1.165, 1.54) is 0 Å². The summed E-state index contributed by atoms with van der Waals surface area (Å²) in [6.45, 7) is 0.286. The molecule has 0 atom stereocenters. The number of carbonyl (C=O) groups excluding carboxylic acids is 1. The molecule has 0 spiro atoms. The van der Waals surface area contributed by atoms with Gasteiger partial charge in [-0.25, -0.2) is 4.68 Å². The number of pyridine rings is 1. The van der Waals surface area contributed by atoms with Gasteiger partial charge in [0.15, 0.2) is 0 Å². The molecule has 0 aliphatic rings. The van der Waals surface area contributed by atoms with Crippen molar-refractivity contribution in [2.45, 2.75) is 6.54 Å². The molecule has 0 fully saturated rings. The van der Waals surface area contributed by atoms with Crippen LogP contribution >= 0.6 is 15.9 Å². The molecular formula is C25H18BrN5O. The fraction of sp³-hybridized carbons (Fsp3) is 0.0400. The summed E-state index contributed by atoms with van der Waals surface area (Å²) in [7, 11) is 0. The Balaban J connectivity index is 1.69. The van der Waals surface area contributed by atoms with Crippen LogP contribution in [0.2, 0.25) is 0 Å². The van der Waals surface area contributed by atoms with Crippen molar-refractivity contribution >= 4 is 27.9 Å². The third-order valence-electron chi connectivity index (χ3n) is 4.72. The van der Waals surface area contributed by atoms with Crippen LogP contribution < -0.4 is 5.32 Å². The monoisotopic (exact) mass is 483 g/mol. The molecule has 0 radical (unpaired) electrons. The van der Waals surface area contributed by atoms with Crippen molar-refractivity contribution in [1.29, 1.82) is 5.26 Å². The second kappa shape index (κ2) is 9.86. The zero-order valence-electron chi connectivity index (χ0n) is 16.9. The van der Waals surface area contributed by atoms with Gasteiger partial charge in [-0.3, -0.25) is 9.78 Å². The summed E-state index contributed by atoms with van der Waals surface area (Å²) in [5.74, 6) is -0.453. The van der Waals surface area contributed by atoms with Crippen LogP contribution in [0.15, 0.2) is 95.4 Å². The minimum atomic E-state index is -0.453. The summed E-state index contributed by atoms with van der Waals surface area (Å²) in [5.41, 5.74) is 3.95. The van der Waals surface area contributed by atoms with E-state index in [9.17, 15) is 10.1 Å². The molecule has 1 amide bonds. The number of halogens is 1. The van der Waals surface area contributed by atoms with Gasteiger partial charge in [-0.05, 0) is 42.0 Å². The van der Waals surface area contributed by atoms with Crippen molar-refractivity contribution in [3.05, 3.63) is 106 Å². The highest BCUT2D eigenvalue weighted by Gasteiger charge is 2.15. The third-order valence-corrected chi connectivity index (χ3v) is 5.25. The molecule has 2 aromatic carbocycles. The van der Waals surface area contributed by atoms with E-state index in [0.717, 1.165) is 21.3 Å². The number of nitriles is 1. The summed E-state index contributed by atoms with van der Waals surface area (Å²) < 4.78 is 2.69. The molecule has 1 N–H and O–H groups in total. The predicted molar refractivity (Wildman–Crippen MR) is 126 cm³/mol. The Morgan fingerprint density at radius 3 is 2.56 bits per heavy atom. The van der Waals surface area contributed by atoms with Crippen LogP contribution in [0.25, 0.3) is 23.0 Å². The molecular weight excluding hydrogens is 466 g/mol. The molecule has 156 valence electrons. The Bertz CT molecular complexity index is 1290. The molecule has 32 heavy (non-hydrogen) atoms. The average molecular weight is 484 g/mol. The molecule has 4 rings (SSSR count). The van der Waals surface area contributed by atoms with Gasteiger partial charge >= 0.3 is 0 Å². The molecule has 0 unspecified atom stereocenters. The summed E-state index contributed by atoms with van der Waals surface area (Å²) >= 11 is 3.45. The molecule has 0 saturated heterocycles. The molecule has 4 aromatic rings. The van der Waals surface area contributed by atoms with Crippen molar-refractivity contribution < 1.29 is 4.79 Å². The zero-order chi connectivity index (χ0) is 22.3. The van der Waals surface area contributed by atoms with Crippen molar-refractivity contribution in [2.24, 2.45) is 0 Å². The van der Waals surface area contributed by atoms with Gasteiger partial charge in [-0.2, -0.15) is 10.4 Å². The number of rotatable bonds is 6. The van der Waals surface area contributed by atoms with Crippen molar-refractivity contribution in [3.8, 4) is 23.0 Å². The molecule has 6 nitrogen and oxygen atoms in total. The molecule has 0 saturated carbocycles. The predicted octanol–water partition coefficient (Wildman–Crippen LogP) is 4.92. The maximum atomic E-state index is 12.7. The fourth-order valence-corrected chi connectivity index (χ4v) is 3.39. The Kier molecular flexibility index (Phi) is 6.54. The number of benzene rings is 2. The number of aromatic nitrogens is 3. The van der Waals surface area contributed by atoms with E-state index in [0.29, 0.717) is 11.3 Å². The number of hydrogen-bond donors (Lipinski definition) is 1. The van der Waals surface area contributed by atoms with Crippen LogP contribution in [0.4, 0.5) is 0 Å². The van der Waals surface area contributed by atoms with Gasteiger partial charge in [0.05, 0.1) is 11.4 Å². The standard InChI is InChI=1S/C25H18BrN5O/c26-22-10-8-19(9-11-22)24-21(17-31(30-24)23-6-2-1-3-7-23)13-20(14-27)25(32)29-16-18-5-4-12-28-15-18/h1-13,15,17H,16H2,(H,29,32). The summed E-state index contributed by atoms with van der Waals surface area (Å²) in [4.78, 5) is 16.7. The molecule has 7 heteroatoms. The largest absolute Gasteiger partial charge is 0.347 e. The minimum absolute atomic E-state index is 0.000126. The van der Waals surface area contributed by atoms with Gasteiger partial charge in [-0.15, -0.1) is 0 Å². The van der Waals surface area contributed by atoms with E-state index >= 15 is 0 Å². The van der Waals surface area contributed by atoms with Gasteiger partial charge in [0.25, 0.3) is 5.91 Å². The minimum Gasteiger partial charge on any atom is -0.347 e. The Labute approximate surface area is 194 Å². The van der Waals surface area contributed by atoms with Gasteiger partial charge in [0.1, 0.15) is 11.6 Å². The van der Waals surface area contributed by atoms with E-state index in [1.807, 2.05) is 72.9 Å². The lowest BCUT2D eigenvalue weighted by atomic mass is 10.1. The van der Waals surface area contributed by atoms with Crippen molar-refractivity contribution in [3.63, 3.8) is 0 Å². The normalized spacial score (nSPS) is 11.1. The van der Waals surface area contributed by atoms with Crippen LogP contribution in [-0.4, -0.2) is 20.7 Å². The van der Waals surface area contributed by atoms with E-state index < -0.39 is 5.91 Å². The van der Waals surface area contributed by atoms with E-state index in [1.54, 1.807) is 29.2 Å². The van der Waals surface area contributed by atoms with Crippen LogP contribution in [0, 0.1) is 11.3 Å². The SMILES string of the molecule is N#CC(=Cc1cn(-c2ccccc2)nc1-c1ccc(Br)cc1)C(=O)NCc1cccnc1. The van der Waals surface area contributed by atoms with E-state index in [-0.39, 0.29) is 12.1 Å². The summed E-state index contributed by atoms with van der Waals surface area (Å²) in [6, 6.07) is 23.1. The lowest BCUT2D eigenvalue weighted by molar-refractivity contribution is -0.117. The number of hydrogen-bond acceptors (Lipinski definition) is 4. The number of nitrogens with one attached hydrogen (secondary N) is 1. The van der Waals surface area contributed by atoms with Crippen LogP contribution in [0.5, 0.6) is 0 Å². The summed E-state index contributed by atoms with van der Waals surface area (Å²) in [5, 5.41) is 17.2. The molecule has 2 aromatic heterocycles. The highest BCUT2D eigenvalue weighted by atomic mass is 79.9. The first-order chi connectivity index (χ1) is 15.6. The van der Waals surface area contributed by atoms with Crippen LogP contribution in [0.1, 0.15) is 11.1 Å². The third kappa shape index (κ3) is 4.99. The van der Waals surface area contributed by atoms with Gasteiger partial charge in [-0.1, -0.05) is 52.3 Å². The maximum Gasteiger partial charge on any atom is 0.262 e. The van der Waals surface area contributed by atoms with Crippen LogP contribution in [-0.2, 0) is 11.3 Å². The fourth-order valence-electron chi connectivity index (χ4n) is 3.12. The van der Waals surface area contributed by atoms with Gasteiger partial charge in [0, 0.05) is 40.7 Å². The van der Waals surface area contributed by atoms with Gasteiger partial charge < -0.3 is 5.32 Å². The highest BCUT2D eigenvalue weighted by molar-refractivity contribution is 9.10. The number of nitrogens with zero attached hydrogens (tertiary/aromatic N) is 4. The smallest absolute Gasteiger partial charge is 0.262 e. The zero-order valence-corrected chi connectivity index (χ0v) is 18.5. The second-order valence-corrected chi connectivity index (χ2v) is 7.85. The molecule has 0 bridgehead atoms.